The van der Waals surface area contributed by atoms with E-state index in [0.29, 0.717) is 31.8 Å². The first kappa shape index (κ1) is 29.1. The van der Waals surface area contributed by atoms with Crippen molar-refractivity contribution < 1.29 is 14.3 Å². The number of likely N-dealkylation sites (N-methyl/N-ethyl adjacent to an activating group) is 2. The molecular formula is C33H38N6O3. The molecule has 0 unspecified atom stereocenters. The summed E-state index contributed by atoms with van der Waals surface area (Å²) in [6.45, 7) is 6.43. The Labute approximate surface area is 248 Å². The molecule has 1 amide bonds. The zero-order chi connectivity index (χ0) is 29.3. The van der Waals surface area contributed by atoms with E-state index in [-0.39, 0.29) is 5.91 Å². The number of fused-ring (bicyclic) bond motifs is 7. The second-order valence-electron chi connectivity index (χ2n) is 10.6. The van der Waals surface area contributed by atoms with Crippen LogP contribution in [0.5, 0.6) is 5.75 Å². The largest absolute Gasteiger partial charge is 0.493 e. The fraction of sp³-hybridized carbons (Fsp3) is 0.364. The van der Waals surface area contributed by atoms with E-state index in [1.807, 2.05) is 36.4 Å². The average molecular weight is 567 g/mol. The zero-order valence-corrected chi connectivity index (χ0v) is 24.5. The molecule has 3 aromatic rings. The quantitative estimate of drug-likeness (QED) is 0.361. The number of ether oxygens (including phenoxy) is 2. The lowest BCUT2D eigenvalue weighted by Gasteiger charge is -2.43. The lowest BCUT2D eigenvalue weighted by molar-refractivity contribution is -0.131. The van der Waals surface area contributed by atoms with Gasteiger partial charge in [-0.2, -0.15) is 0 Å². The Morgan fingerprint density at radius 2 is 2.00 bits per heavy atom. The van der Waals surface area contributed by atoms with Gasteiger partial charge in [-0.05, 0) is 68.3 Å². The Hall–Kier alpha value is -4.39. The highest BCUT2D eigenvalue weighted by Crippen LogP contribution is 2.27. The van der Waals surface area contributed by atoms with Crippen molar-refractivity contribution >= 4 is 23.2 Å². The van der Waals surface area contributed by atoms with Gasteiger partial charge in [-0.15, -0.1) is 0 Å². The first-order valence-electron chi connectivity index (χ1n) is 14.3. The lowest BCUT2D eigenvalue weighted by atomic mass is 10.1. The minimum Gasteiger partial charge on any atom is -0.493 e. The van der Waals surface area contributed by atoms with Crippen molar-refractivity contribution in [3.8, 4) is 28.8 Å². The molecule has 0 spiro atoms. The van der Waals surface area contributed by atoms with Crippen LogP contribution in [0, 0.1) is 11.8 Å². The van der Waals surface area contributed by atoms with Crippen LogP contribution in [0.2, 0.25) is 0 Å². The molecule has 9 nitrogen and oxygen atoms in total. The molecule has 1 N–H and O–H groups in total. The van der Waals surface area contributed by atoms with Gasteiger partial charge in [-0.3, -0.25) is 9.69 Å². The van der Waals surface area contributed by atoms with Crippen LogP contribution in [0.25, 0.3) is 11.3 Å². The SMILES string of the molecule is CC#CC(=O)N1CC(N(C)CCN(C)c2cc3cc(c2)Nc2nccc(n2)-c2cccc(c2)OCC/C=C/COC3)C1. The van der Waals surface area contributed by atoms with Crippen molar-refractivity contribution in [3.63, 3.8) is 0 Å². The van der Waals surface area contributed by atoms with Gasteiger partial charge in [-0.1, -0.05) is 30.2 Å². The van der Waals surface area contributed by atoms with Gasteiger partial charge in [0, 0.05) is 62.4 Å². The number of nitrogens with one attached hydrogen (secondary N) is 1. The summed E-state index contributed by atoms with van der Waals surface area (Å²) in [7, 11) is 4.21. The molecule has 3 heterocycles. The summed E-state index contributed by atoms with van der Waals surface area (Å²) in [6.07, 6.45) is 6.69. The summed E-state index contributed by atoms with van der Waals surface area (Å²) >= 11 is 0. The van der Waals surface area contributed by atoms with E-state index in [4.69, 9.17) is 14.5 Å². The molecule has 1 saturated heterocycles. The Kier molecular flexibility index (Phi) is 9.70. The van der Waals surface area contributed by atoms with Crippen molar-refractivity contribution in [3.05, 3.63) is 72.4 Å². The van der Waals surface area contributed by atoms with Crippen LogP contribution in [0.1, 0.15) is 18.9 Å². The molecule has 218 valence electrons. The molecule has 5 rings (SSSR count). The van der Waals surface area contributed by atoms with Gasteiger partial charge >= 0.3 is 0 Å². The maximum Gasteiger partial charge on any atom is 0.298 e. The monoisotopic (exact) mass is 566 g/mol. The minimum absolute atomic E-state index is 0.0888. The molecule has 0 atom stereocenters. The minimum atomic E-state index is -0.0888. The number of aromatic nitrogens is 2. The van der Waals surface area contributed by atoms with E-state index < -0.39 is 0 Å². The van der Waals surface area contributed by atoms with Crippen LogP contribution in [0.4, 0.5) is 17.3 Å². The van der Waals surface area contributed by atoms with Gasteiger partial charge in [-0.25, -0.2) is 9.97 Å². The summed E-state index contributed by atoms with van der Waals surface area (Å²) in [5.41, 5.74) is 4.81. The summed E-state index contributed by atoms with van der Waals surface area (Å²) in [5.74, 6) is 6.55. The number of anilines is 3. The molecule has 0 aliphatic carbocycles. The van der Waals surface area contributed by atoms with Gasteiger partial charge in [0.2, 0.25) is 5.95 Å². The van der Waals surface area contributed by atoms with Crippen LogP contribution in [-0.2, 0) is 16.1 Å². The van der Waals surface area contributed by atoms with E-state index in [2.05, 4.69) is 70.3 Å². The van der Waals surface area contributed by atoms with Crippen molar-refractivity contribution in [1.29, 1.82) is 0 Å². The van der Waals surface area contributed by atoms with Crippen LogP contribution < -0.4 is 15.0 Å². The van der Waals surface area contributed by atoms with Gasteiger partial charge in [0.15, 0.2) is 0 Å². The molecule has 1 fully saturated rings. The van der Waals surface area contributed by atoms with Crippen molar-refractivity contribution in [2.45, 2.75) is 26.0 Å². The predicted molar refractivity (Wildman–Crippen MR) is 166 cm³/mol. The normalized spacial score (nSPS) is 16.0. The standard InChI is InChI=1S/C33H38N6O3/c1-4-9-32(40)39-22-29(23-39)38(3)15-14-37(2)28-19-25-18-27(21-28)35-33-34-13-12-31(36-33)26-10-8-11-30(20-26)42-17-7-5-6-16-41-24-25/h5-6,8,10-13,18-21,29H,7,14-17,22-24H2,1-3H3,(H,34,35,36)/b6-5+. The smallest absolute Gasteiger partial charge is 0.298 e. The maximum atomic E-state index is 12.0. The van der Waals surface area contributed by atoms with Gasteiger partial charge in [0.25, 0.3) is 5.91 Å². The first-order valence-corrected chi connectivity index (χ1v) is 14.3. The van der Waals surface area contributed by atoms with E-state index >= 15 is 0 Å². The lowest BCUT2D eigenvalue weighted by Crippen LogP contribution is -2.60. The molecule has 2 aromatic carbocycles. The zero-order valence-electron chi connectivity index (χ0n) is 24.5. The van der Waals surface area contributed by atoms with E-state index in [0.717, 1.165) is 66.5 Å². The molecule has 0 radical (unpaired) electrons. The number of carbonyl (C=O) groups excluding carboxylic acids is 1. The summed E-state index contributed by atoms with van der Waals surface area (Å²) in [4.78, 5) is 27.6. The van der Waals surface area contributed by atoms with Gasteiger partial charge < -0.3 is 24.6 Å². The predicted octanol–water partition coefficient (Wildman–Crippen LogP) is 4.34. The van der Waals surface area contributed by atoms with E-state index in [1.54, 1.807) is 18.0 Å². The highest BCUT2D eigenvalue weighted by Gasteiger charge is 2.32. The van der Waals surface area contributed by atoms with Gasteiger partial charge in [0.05, 0.1) is 25.5 Å². The Morgan fingerprint density at radius 3 is 2.86 bits per heavy atom. The van der Waals surface area contributed by atoms with Crippen molar-refractivity contribution in [2.24, 2.45) is 0 Å². The molecule has 2 aliphatic rings. The summed E-state index contributed by atoms with van der Waals surface area (Å²) < 4.78 is 11.9. The fourth-order valence-corrected chi connectivity index (χ4v) is 4.88. The van der Waals surface area contributed by atoms with Gasteiger partial charge in [0.1, 0.15) is 5.75 Å². The highest BCUT2D eigenvalue weighted by atomic mass is 16.5. The number of rotatable bonds is 5. The van der Waals surface area contributed by atoms with Crippen molar-refractivity contribution in [2.75, 3.05) is 63.7 Å². The number of hydrogen-bond acceptors (Lipinski definition) is 8. The van der Waals surface area contributed by atoms with E-state index in [1.165, 1.54) is 0 Å². The number of likely N-dealkylation sites (tertiary alicyclic amines) is 1. The van der Waals surface area contributed by atoms with Crippen LogP contribution in [-0.4, -0.2) is 85.2 Å². The maximum absolute atomic E-state index is 12.0. The number of carbonyl (C=O) groups is 1. The second-order valence-corrected chi connectivity index (χ2v) is 10.6. The molecule has 9 heteroatoms. The Bertz CT molecular complexity index is 1470. The van der Waals surface area contributed by atoms with Crippen LogP contribution in [0.3, 0.4) is 0 Å². The highest BCUT2D eigenvalue weighted by molar-refractivity contribution is 5.94. The molecule has 2 aliphatic heterocycles. The fourth-order valence-electron chi connectivity index (χ4n) is 4.88. The number of amides is 1. The number of hydrogen-bond donors (Lipinski definition) is 1. The molecule has 6 bridgehead atoms. The molecule has 1 aromatic heterocycles. The van der Waals surface area contributed by atoms with Crippen LogP contribution in [0.15, 0.2) is 66.9 Å². The van der Waals surface area contributed by atoms with Crippen LogP contribution >= 0.6 is 0 Å². The first-order chi connectivity index (χ1) is 20.5. The number of benzene rings is 2. The third-order valence-corrected chi connectivity index (χ3v) is 7.46. The molecule has 0 saturated carbocycles. The summed E-state index contributed by atoms with van der Waals surface area (Å²) in [5, 5.41) is 3.41. The third kappa shape index (κ3) is 7.66. The molecule has 42 heavy (non-hydrogen) atoms. The van der Waals surface area contributed by atoms with E-state index in [9.17, 15) is 4.79 Å². The average Bonchev–Trinajstić information content (AvgIpc) is 2.96. The second kappa shape index (κ2) is 14.0. The van der Waals surface area contributed by atoms with Crippen molar-refractivity contribution in [1.82, 2.24) is 19.8 Å². The summed E-state index contributed by atoms with van der Waals surface area (Å²) in [6, 6.07) is 16.6. The topological polar surface area (TPSA) is 83.1 Å². The third-order valence-electron chi connectivity index (χ3n) is 7.46. The molecular weight excluding hydrogens is 528 g/mol. The Balaban J connectivity index is 1.31. The Morgan fingerprint density at radius 1 is 1.12 bits per heavy atom. The number of nitrogens with zero attached hydrogens (tertiary/aromatic N) is 5.